The number of pyridine rings is 1. The molecule has 0 radical (unpaired) electrons. The Morgan fingerprint density at radius 3 is 2.81 bits per heavy atom. The zero-order valence-electron chi connectivity index (χ0n) is 17.7. The molecule has 4 atom stereocenters. The van der Waals surface area contributed by atoms with E-state index < -0.39 is 18.1 Å². The van der Waals surface area contributed by atoms with E-state index in [0.717, 1.165) is 12.8 Å². The second-order valence-electron chi connectivity index (χ2n) is 8.08. The van der Waals surface area contributed by atoms with Crippen LogP contribution in [0.2, 0.25) is 0 Å². The van der Waals surface area contributed by atoms with E-state index in [-0.39, 0.29) is 23.3 Å². The number of rotatable bonds is 7. The summed E-state index contributed by atoms with van der Waals surface area (Å²) in [7, 11) is 3.37. The van der Waals surface area contributed by atoms with E-state index in [2.05, 4.69) is 26.0 Å². The Morgan fingerprint density at radius 1 is 1.34 bits per heavy atom. The van der Waals surface area contributed by atoms with Gasteiger partial charge in [-0.2, -0.15) is 9.61 Å². The van der Waals surface area contributed by atoms with Gasteiger partial charge in [-0.05, 0) is 25.0 Å². The van der Waals surface area contributed by atoms with Crippen LogP contribution in [0.5, 0.6) is 0 Å². The number of halogens is 1. The molecule has 0 aliphatic heterocycles. The third kappa shape index (κ3) is 3.48. The van der Waals surface area contributed by atoms with Crippen LogP contribution in [0.15, 0.2) is 35.4 Å². The Bertz CT molecular complexity index is 1240. The van der Waals surface area contributed by atoms with Crippen LogP contribution in [0.4, 0.5) is 21.7 Å². The van der Waals surface area contributed by atoms with Gasteiger partial charge in [-0.15, -0.1) is 0 Å². The highest BCUT2D eigenvalue weighted by Crippen LogP contribution is 2.33. The van der Waals surface area contributed by atoms with Gasteiger partial charge >= 0.3 is 0 Å². The van der Waals surface area contributed by atoms with Crippen LogP contribution in [0, 0.1) is 0 Å². The van der Waals surface area contributed by atoms with Gasteiger partial charge in [0.1, 0.15) is 29.1 Å². The molecule has 2 saturated carbocycles. The van der Waals surface area contributed by atoms with Crippen molar-refractivity contribution in [2.45, 2.75) is 43.6 Å². The Morgan fingerprint density at radius 2 is 2.16 bits per heavy atom. The van der Waals surface area contributed by atoms with Crippen molar-refractivity contribution in [3.63, 3.8) is 0 Å². The highest BCUT2D eigenvalue weighted by Gasteiger charge is 2.39. The zero-order valence-corrected chi connectivity index (χ0v) is 17.7. The predicted molar refractivity (Wildman–Crippen MR) is 116 cm³/mol. The minimum atomic E-state index is -1.01. The average Bonchev–Trinajstić information content (AvgIpc) is 3.27. The van der Waals surface area contributed by atoms with Gasteiger partial charge in [0.05, 0.1) is 24.4 Å². The molecule has 3 heterocycles. The maximum absolute atomic E-state index is 13.2. The van der Waals surface area contributed by atoms with Crippen LogP contribution in [-0.2, 0) is 4.74 Å². The fraction of sp³-hybridized carbons (Fsp3) is 0.429. The number of anilines is 3. The number of aromatic nitrogens is 4. The molecule has 32 heavy (non-hydrogen) atoms. The van der Waals surface area contributed by atoms with Gasteiger partial charge in [0, 0.05) is 32.8 Å². The molecule has 0 saturated heterocycles. The van der Waals surface area contributed by atoms with Crippen molar-refractivity contribution < 1.29 is 13.9 Å². The topological polar surface area (TPSA) is 115 Å². The first-order chi connectivity index (χ1) is 15.5. The molecule has 2 aliphatic rings. The Balaban J connectivity index is 1.47. The van der Waals surface area contributed by atoms with Crippen molar-refractivity contribution in [3.05, 3.63) is 46.5 Å². The predicted octanol–water partition coefficient (Wildman–Crippen LogP) is 1.87. The summed E-state index contributed by atoms with van der Waals surface area (Å²) in [4.78, 5) is 30.1. The highest BCUT2D eigenvalue weighted by atomic mass is 19.1. The second kappa shape index (κ2) is 7.90. The van der Waals surface area contributed by atoms with Gasteiger partial charge in [-0.1, -0.05) is 0 Å². The second-order valence-corrected chi connectivity index (χ2v) is 8.08. The van der Waals surface area contributed by atoms with Crippen molar-refractivity contribution in [2.75, 3.05) is 24.8 Å². The third-order valence-corrected chi connectivity index (χ3v) is 6.08. The molecule has 1 amide bonds. The fourth-order valence-electron chi connectivity index (χ4n) is 3.97. The third-order valence-electron chi connectivity index (χ3n) is 6.08. The maximum Gasteiger partial charge on any atom is 0.274 e. The van der Waals surface area contributed by atoms with Crippen LogP contribution in [0.1, 0.15) is 35.7 Å². The molecule has 2 aliphatic carbocycles. The number of ether oxygens (including phenoxy) is 1. The zero-order chi connectivity index (χ0) is 22.4. The lowest BCUT2D eigenvalue weighted by atomic mass is 9.88. The fourth-order valence-corrected chi connectivity index (χ4v) is 3.97. The maximum atomic E-state index is 13.2. The Labute approximate surface area is 182 Å². The first kappa shape index (κ1) is 20.4. The summed E-state index contributed by atoms with van der Waals surface area (Å²) in [5.41, 5.74) is 0.702. The van der Waals surface area contributed by atoms with Crippen molar-refractivity contribution in [2.24, 2.45) is 0 Å². The SMILES string of the molecule is CNc1cc(Nc2cccn([C@H]3CC[C@@H]3OC)c2=O)nc2c(C(=O)N[C@@H]3C[C@@H]3F)cnn12. The van der Waals surface area contributed by atoms with Crippen molar-refractivity contribution in [1.82, 2.24) is 24.5 Å². The number of nitrogens with zero attached hydrogens (tertiary/aromatic N) is 4. The van der Waals surface area contributed by atoms with E-state index in [9.17, 15) is 14.0 Å². The van der Waals surface area contributed by atoms with E-state index in [0.29, 0.717) is 29.4 Å². The van der Waals surface area contributed by atoms with Gasteiger partial charge in [0.2, 0.25) is 0 Å². The summed E-state index contributed by atoms with van der Waals surface area (Å²) < 4.78 is 21.8. The molecule has 0 spiro atoms. The number of alkyl halides is 1. The number of amides is 1. The molecule has 3 N–H and O–H groups in total. The van der Waals surface area contributed by atoms with Gasteiger partial charge in [-0.3, -0.25) is 9.59 Å². The highest BCUT2D eigenvalue weighted by molar-refractivity contribution is 6.00. The van der Waals surface area contributed by atoms with E-state index >= 15 is 0 Å². The summed E-state index contributed by atoms with van der Waals surface area (Å²) in [5, 5.41) is 13.0. The summed E-state index contributed by atoms with van der Waals surface area (Å²) >= 11 is 0. The molecule has 0 bridgehead atoms. The standard InChI is InChI=1S/C21H24FN7O3/c1-23-18-9-17(25-13-4-3-7-28(21(13)31)15-5-6-16(15)32-2)27-19-11(10-24-29(18)19)20(30)26-14-8-12(14)22/h3-4,7,9-10,12,14-16,23H,5-6,8H2,1-2H3,(H,25,27)(H,26,30)/t12-,14+,15-,16-/m0/s1. The van der Waals surface area contributed by atoms with Crippen LogP contribution < -0.4 is 21.5 Å². The lowest BCUT2D eigenvalue weighted by Crippen LogP contribution is -2.40. The summed E-state index contributed by atoms with van der Waals surface area (Å²) in [6, 6.07) is 4.71. The van der Waals surface area contributed by atoms with Gasteiger partial charge in [0.15, 0.2) is 5.65 Å². The van der Waals surface area contributed by atoms with Crippen LogP contribution in [0.25, 0.3) is 5.65 Å². The summed E-state index contributed by atoms with van der Waals surface area (Å²) in [6.45, 7) is 0. The van der Waals surface area contributed by atoms with E-state index in [1.807, 2.05) is 0 Å². The molecule has 5 rings (SSSR count). The van der Waals surface area contributed by atoms with Crippen molar-refractivity contribution >= 4 is 28.9 Å². The molecule has 3 aromatic rings. The number of hydrogen-bond donors (Lipinski definition) is 3. The number of nitrogens with one attached hydrogen (secondary N) is 3. The minimum absolute atomic E-state index is 0.00411. The minimum Gasteiger partial charge on any atom is -0.379 e. The molecular weight excluding hydrogens is 417 g/mol. The molecular formula is C21H24FN7O3. The Kier molecular flexibility index (Phi) is 5.04. The van der Waals surface area contributed by atoms with Crippen LogP contribution in [0.3, 0.4) is 0 Å². The number of carbonyl (C=O) groups is 1. The molecule has 0 unspecified atom stereocenters. The summed E-state index contributed by atoms with van der Waals surface area (Å²) in [5.74, 6) is 0.508. The number of carbonyl (C=O) groups excluding carboxylic acids is 1. The molecule has 10 nitrogen and oxygen atoms in total. The molecule has 0 aromatic carbocycles. The molecule has 11 heteroatoms. The molecule has 2 fully saturated rings. The average molecular weight is 441 g/mol. The normalized spacial score (nSPS) is 24.1. The van der Waals surface area contributed by atoms with E-state index in [4.69, 9.17) is 4.74 Å². The van der Waals surface area contributed by atoms with E-state index in [1.165, 1.54) is 10.7 Å². The summed E-state index contributed by atoms with van der Waals surface area (Å²) in [6.07, 6.45) is 4.29. The van der Waals surface area contributed by atoms with Gasteiger partial charge < -0.3 is 25.3 Å². The quantitative estimate of drug-likeness (QED) is 0.513. The number of fused-ring (bicyclic) bond motifs is 1. The first-order valence-corrected chi connectivity index (χ1v) is 10.5. The Hall–Kier alpha value is -3.47. The lowest BCUT2D eigenvalue weighted by Gasteiger charge is -2.36. The molecule has 3 aromatic heterocycles. The van der Waals surface area contributed by atoms with Crippen molar-refractivity contribution in [1.29, 1.82) is 0 Å². The monoisotopic (exact) mass is 441 g/mol. The van der Waals surface area contributed by atoms with Gasteiger partial charge in [-0.25, -0.2) is 9.37 Å². The van der Waals surface area contributed by atoms with E-state index in [1.54, 1.807) is 43.1 Å². The smallest absolute Gasteiger partial charge is 0.274 e. The largest absolute Gasteiger partial charge is 0.379 e. The lowest BCUT2D eigenvalue weighted by molar-refractivity contribution is -0.0103. The number of methoxy groups -OCH3 is 1. The van der Waals surface area contributed by atoms with Crippen LogP contribution in [-0.4, -0.2) is 57.5 Å². The van der Waals surface area contributed by atoms with Crippen LogP contribution >= 0.6 is 0 Å². The number of hydrogen-bond acceptors (Lipinski definition) is 7. The first-order valence-electron chi connectivity index (χ1n) is 10.5. The van der Waals surface area contributed by atoms with Crippen molar-refractivity contribution in [3.8, 4) is 0 Å². The molecule has 168 valence electrons. The van der Waals surface area contributed by atoms with Gasteiger partial charge in [0.25, 0.3) is 11.5 Å².